The predicted octanol–water partition coefficient (Wildman–Crippen LogP) is -0.423. The second kappa shape index (κ2) is 2.69. The van der Waals surface area contributed by atoms with Gasteiger partial charge in [0.25, 0.3) is 5.82 Å². The molecular weight excluding hydrogens is 188 g/mol. The highest BCUT2D eigenvalue weighted by Crippen LogP contribution is 2.21. The Labute approximate surface area is 70.3 Å². The molecule has 1 aromatic rings. The summed E-state index contributed by atoms with van der Waals surface area (Å²) in [6.45, 7) is 0. The highest BCUT2D eigenvalue weighted by atomic mass is 17.1. The molecule has 1 rings (SSSR count). The van der Waals surface area contributed by atoms with E-state index in [4.69, 9.17) is 20.8 Å². The van der Waals surface area contributed by atoms with Crippen LogP contribution in [0.15, 0.2) is 6.07 Å². The van der Waals surface area contributed by atoms with E-state index < -0.39 is 21.6 Å². The Bertz CT molecular complexity index is 267. The maximum absolute atomic E-state index is 10.4. The SMILES string of the molecule is [O-][N+](O)(O)c1cc([N+]([O-])(O)O)[nH]n1. The molecule has 1 aromatic heterocycles. The van der Waals surface area contributed by atoms with Crippen LogP contribution in [0, 0.1) is 10.4 Å². The summed E-state index contributed by atoms with van der Waals surface area (Å²) in [6, 6.07) is 0.486. The van der Waals surface area contributed by atoms with Crippen LogP contribution in [-0.4, -0.2) is 31.0 Å². The monoisotopic (exact) mass is 194 g/mol. The minimum atomic E-state index is -2.86. The lowest BCUT2D eigenvalue weighted by atomic mass is 10.6. The average Bonchev–Trinajstić information content (AvgIpc) is 2.28. The maximum atomic E-state index is 10.4. The lowest BCUT2D eigenvalue weighted by Gasteiger charge is -2.20. The molecule has 0 spiro atoms. The summed E-state index contributed by atoms with van der Waals surface area (Å²) in [5.41, 5.74) is 0. The van der Waals surface area contributed by atoms with Crippen LogP contribution in [-0.2, 0) is 0 Å². The van der Waals surface area contributed by atoms with Crippen LogP contribution in [0.4, 0.5) is 11.6 Å². The van der Waals surface area contributed by atoms with Crippen LogP contribution in [0.5, 0.6) is 0 Å². The van der Waals surface area contributed by atoms with E-state index in [2.05, 4.69) is 5.10 Å². The lowest BCUT2D eigenvalue weighted by molar-refractivity contribution is -0.256. The first-order valence-corrected chi connectivity index (χ1v) is 2.89. The zero-order valence-corrected chi connectivity index (χ0v) is 6.02. The first kappa shape index (κ1) is 9.97. The Morgan fingerprint density at radius 3 is 1.92 bits per heavy atom. The second-order valence-electron chi connectivity index (χ2n) is 2.20. The van der Waals surface area contributed by atoms with Gasteiger partial charge < -0.3 is 10.4 Å². The minimum Gasteiger partial charge on any atom is -0.558 e. The van der Waals surface area contributed by atoms with E-state index >= 15 is 0 Å². The topological polar surface area (TPSA) is 156 Å². The van der Waals surface area contributed by atoms with Crippen LogP contribution in [0.1, 0.15) is 0 Å². The van der Waals surface area contributed by atoms with Gasteiger partial charge in [0.05, 0.1) is 0 Å². The van der Waals surface area contributed by atoms with E-state index in [0.717, 1.165) is 0 Å². The number of nitrogens with zero attached hydrogens (tertiary/aromatic N) is 3. The summed E-state index contributed by atoms with van der Waals surface area (Å²) in [5, 5.41) is 58.8. The van der Waals surface area contributed by atoms with Crippen LogP contribution in [0.2, 0.25) is 0 Å². The minimum absolute atomic E-state index is 0.486. The molecule has 5 N–H and O–H groups in total. The van der Waals surface area contributed by atoms with Crippen molar-refractivity contribution >= 4 is 11.6 Å². The molecule has 0 amide bonds. The zero-order valence-electron chi connectivity index (χ0n) is 6.02. The molecule has 0 fully saturated rings. The molecule has 0 radical (unpaired) electrons. The van der Waals surface area contributed by atoms with E-state index in [9.17, 15) is 10.4 Å². The Morgan fingerprint density at radius 1 is 1.15 bits per heavy atom. The molecule has 10 heteroatoms. The zero-order chi connectivity index (χ0) is 10.3. The maximum Gasteiger partial charge on any atom is 0.320 e. The van der Waals surface area contributed by atoms with Gasteiger partial charge in [0.2, 0.25) is 0 Å². The van der Waals surface area contributed by atoms with Crippen LogP contribution >= 0.6 is 0 Å². The number of aromatic amines is 1. The van der Waals surface area contributed by atoms with Crippen molar-refractivity contribution in [2.24, 2.45) is 0 Å². The Kier molecular flexibility index (Phi) is 2.07. The van der Waals surface area contributed by atoms with Crippen molar-refractivity contribution in [3.8, 4) is 0 Å². The van der Waals surface area contributed by atoms with Crippen LogP contribution in [0.25, 0.3) is 0 Å². The molecule has 0 bridgehead atoms. The van der Waals surface area contributed by atoms with Gasteiger partial charge in [-0.2, -0.15) is 20.8 Å². The van der Waals surface area contributed by atoms with Gasteiger partial charge >= 0.3 is 5.82 Å². The smallest absolute Gasteiger partial charge is 0.320 e. The highest BCUT2D eigenvalue weighted by molar-refractivity contribution is 5.42. The Morgan fingerprint density at radius 2 is 1.69 bits per heavy atom. The fourth-order valence-corrected chi connectivity index (χ4v) is 0.600. The van der Waals surface area contributed by atoms with Crippen LogP contribution in [0.3, 0.4) is 0 Å². The van der Waals surface area contributed by atoms with Gasteiger partial charge in [0.1, 0.15) is 6.07 Å². The Hall–Kier alpha value is -1.11. The third-order valence-corrected chi connectivity index (χ3v) is 1.16. The molecule has 1 heterocycles. The third kappa shape index (κ3) is 2.18. The molecule has 13 heavy (non-hydrogen) atoms. The summed E-state index contributed by atoms with van der Waals surface area (Å²) >= 11 is 0. The molecule has 10 nitrogen and oxygen atoms in total. The summed E-state index contributed by atoms with van der Waals surface area (Å²) in [7, 11) is 0. The molecule has 0 aliphatic heterocycles. The van der Waals surface area contributed by atoms with Gasteiger partial charge in [-0.25, -0.2) is 5.10 Å². The lowest BCUT2D eigenvalue weighted by Crippen LogP contribution is -2.35. The molecule has 0 aliphatic rings. The van der Waals surface area contributed by atoms with Crippen LogP contribution < -0.4 is 9.95 Å². The number of hydrogen-bond donors (Lipinski definition) is 5. The third-order valence-electron chi connectivity index (χ3n) is 1.16. The number of nitrogens with one attached hydrogen (secondary N) is 1. The second-order valence-corrected chi connectivity index (χ2v) is 2.20. The standard InChI is InChI=1S/C3H6N4O6/c8-6(9,10)2-1-3(5-4-2)7(11,12)13/h1,8-9,11-12H,(H,4,5). The fourth-order valence-electron chi connectivity index (χ4n) is 0.600. The Balaban J connectivity index is 3.01. The summed E-state index contributed by atoms with van der Waals surface area (Å²) in [4.78, 5) is -5.70. The van der Waals surface area contributed by atoms with Crippen molar-refractivity contribution in [2.45, 2.75) is 0 Å². The van der Waals surface area contributed by atoms with Gasteiger partial charge in [0, 0.05) is 0 Å². The summed E-state index contributed by atoms with van der Waals surface area (Å²) in [6.07, 6.45) is 0. The molecule has 0 aromatic carbocycles. The van der Waals surface area contributed by atoms with Crippen molar-refractivity contribution in [3.63, 3.8) is 0 Å². The summed E-state index contributed by atoms with van der Waals surface area (Å²) < 4.78 is 0. The molecular formula is C3H6N4O6. The quantitative estimate of drug-likeness (QED) is 0.316. The first-order valence-electron chi connectivity index (χ1n) is 2.89. The van der Waals surface area contributed by atoms with E-state index in [0.29, 0.717) is 6.07 Å². The molecule has 0 aliphatic carbocycles. The largest absolute Gasteiger partial charge is 0.558 e. The van der Waals surface area contributed by atoms with Crippen molar-refractivity contribution in [1.82, 2.24) is 20.1 Å². The van der Waals surface area contributed by atoms with E-state index in [1.807, 2.05) is 0 Å². The molecule has 0 unspecified atom stereocenters. The number of rotatable bonds is 2. The molecule has 74 valence electrons. The van der Waals surface area contributed by atoms with E-state index in [1.165, 1.54) is 0 Å². The van der Waals surface area contributed by atoms with Crippen molar-refractivity contribution in [1.29, 1.82) is 0 Å². The van der Waals surface area contributed by atoms with Gasteiger partial charge in [-0.1, -0.05) is 0 Å². The normalized spacial score (nSPS) is 13.4. The predicted molar refractivity (Wildman–Crippen MR) is 36.1 cm³/mol. The average molecular weight is 194 g/mol. The van der Waals surface area contributed by atoms with Gasteiger partial charge in [-0.05, 0) is 9.95 Å². The highest BCUT2D eigenvalue weighted by Gasteiger charge is 2.26. The molecule has 0 saturated carbocycles. The van der Waals surface area contributed by atoms with Gasteiger partial charge in [-0.3, -0.25) is 0 Å². The summed E-state index contributed by atoms with van der Waals surface area (Å²) in [5.74, 6) is -1.74. The first-order chi connectivity index (χ1) is 5.71. The van der Waals surface area contributed by atoms with Gasteiger partial charge in [0.15, 0.2) is 0 Å². The van der Waals surface area contributed by atoms with Gasteiger partial charge in [-0.15, -0.1) is 5.10 Å². The number of aromatic nitrogens is 2. The number of quaternary nitrogens is 2. The number of hydrogen-bond acceptors (Lipinski definition) is 7. The molecule has 0 saturated heterocycles. The van der Waals surface area contributed by atoms with E-state index in [1.54, 1.807) is 5.10 Å². The number of H-pyrrole nitrogens is 1. The van der Waals surface area contributed by atoms with Crippen molar-refractivity contribution < 1.29 is 20.8 Å². The fraction of sp³-hybridized carbons (Fsp3) is 0. The molecule has 0 atom stereocenters. The van der Waals surface area contributed by atoms with Crippen molar-refractivity contribution in [3.05, 3.63) is 16.5 Å². The van der Waals surface area contributed by atoms with Crippen molar-refractivity contribution in [2.75, 3.05) is 0 Å². The van der Waals surface area contributed by atoms with E-state index in [-0.39, 0.29) is 0 Å².